The van der Waals surface area contributed by atoms with Crippen molar-refractivity contribution in [2.24, 2.45) is 0 Å². The molecule has 1 aliphatic carbocycles. The summed E-state index contributed by atoms with van der Waals surface area (Å²) >= 11 is 0. The first-order valence-electron chi connectivity index (χ1n) is 12.5. The Morgan fingerprint density at radius 3 is 2.52 bits per heavy atom. The first-order chi connectivity index (χ1) is 19.0. The number of halogens is 5. The molecule has 2 atom stereocenters. The molecule has 4 aromatic rings. The minimum absolute atomic E-state index is 0.0373. The fraction of sp³-hybridized carbons (Fsp3) is 0.333. The highest BCUT2D eigenvalue weighted by Crippen LogP contribution is 2.50. The Labute approximate surface area is 223 Å². The van der Waals surface area contributed by atoms with E-state index in [9.17, 15) is 31.9 Å². The fourth-order valence-corrected chi connectivity index (χ4v) is 6.01. The topological polar surface area (TPSA) is 93.4 Å². The third-order valence-electron chi connectivity index (χ3n) is 7.94. The Morgan fingerprint density at radius 2 is 1.82 bits per heavy atom. The molecule has 4 heterocycles. The molecule has 7 rings (SSSR count). The summed E-state index contributed by atoms with van der Waals surface area (Å²) in [5.41, 5.74) is 0.716. The molecule has 0 spiro atoms. The molecule has 206 valence electrons. The molecule has 1 fully saturated rings. The number of ketones is 1. The largest absolute Gasteiger partial charge is 0.434 e. The number of hydrogen-bond donors (Lipinski definition) is 1. The molecule has 3 aliphatic rings. The number of Topliss-reactive ketones (excluding diaryl/α,β-unsaturated/α-hetero) is 1. The van der Waals surface area contributed by atoms with E-state index in [0.29, 0.717) is 40.0 Å². The zero-order chi connectivity index (χ0) is 28.0. The standard InChI is InChI=1S/C27H20F5N5O3/c28-24(29)40-21-3-1-2-16-20(38)8-14-7-19(22(16)21)37-18-6-13(4-5-17(18)35-23(14)37)15-9-33-25(34-10-15)36-11-26(39,12-36)27(30,31)32/h1-6,9-10,14,19,24,39H,7-8,11-12H2/t14-,19-/m1/s1. The Bertz CT molecular complexity index is 1660. The van der Waals surface area contributed by atoms with Crippen molar-refractivity contribution >= 4 is 22.8 Å². The van der Waals surface area contributed by atoms with E-state index in [4.69, 9.17) is 9.72 Å². The van der Waals surface area contributed by atoms with Gasteiger partial charge in [-0.05, 0) is 30.2 Å². The lowest BCUT2D eigenvalue weighted by atomic mass is 9.94. The van der Waals surface area contributed by atoms with Crippen molar-refractivity contribution in [3.63, 3.8) is 0 Å². The molecule has 0 amide bonds. The summed E-state index contributed by atoms with van der Waals surface area (Å²) in [4.78, 5) is 27.4. The van der Waals surface area contributed by atoms with Gasteiger partial charge in [-0.3, -0.25) is 4.79 Å². The zero-order valence-electron chi connectivity index (χ0n) is 20.6. The second-order valence-corrected chi connectivity index (χ2v) is 10.4. The lowest BCUT2D eigenvalue weighted by Gasteiger charge is -2.46. The molecule has 1 N–H and O–H groups in total. The van der Waals surface area contributed by atoms with Gasteiger partial charge in [-0.2, -0.15) is 22.0 Å². The number of carbonyl (C=O) groups is 1. The molecule has 8 nitrogen and oxygen atoms in total. The molecular weight excluding hydrogens is 537 g/mol. The van der Waals surface area contributed by atoms with Gasteiger partial charge in [0.25, 0.3) is 0 Å². The Hall–Kier alpha value is -4.13. The summed E-state index contributed by atoms with van der Waals surface area (Å²) in [6, 6.07) is 9.65. The van der Waals surface area contributed by atoms with E-state index in [1.54, 1.807) is 12.1 Å². The molecule has 40 heavy (non-hydrogen) atoms. The van der Waals surface area contributed by atoms with E-state index in [2.05, 4.69) is 9.97 Å². The summed E-state index contributed by atoms with van der Waals surface area (Å²) in [7, 11) is 0. The Balaban J connectivity index is 1.25. The van der Waals surface area contributed by atoms with Crippen molar-refractivity contribution in [1.82, 2.24) is 19.5 Å². The SMILES string of the molecule is O=C1C[C@H]2C[C@H](c3c(OC(F)F)cccc31)n1c2nc2ccc(-c3cnc(N4CC(O)(C(F)(F)F)C4)nc3)cc21. The molecule has 0 saturated carbocycles. The van der Waals surface area contributed by atoms with Gasteiger partial charge in [0.15, 0.2) is 11.4 Å². The van der Waals surface area contributed by atoms with Crippen LogP contribution in [0.3, 0.4) is 0 Å². The second-order valence-electron chi connectivity index (χ2n) is 10.4. The van der Waals surface area contributed by atoms with E-state index in [1.165, 1.54) is 29.4 Å². The van der Waals surface area contributed by atoms with Gasteiger partial charge in [0, 0.05) is 41.4 Å². The first-order valence-corrected chi connectivity index (χ1v) is 12.5. The average molecular weight is 557 g/mol. The Kier molecular flexibility index (Phi) is 5.25. The number of aromatic nitrogens is 4. The molecular formula is C27H20F5N5O3. The summed E-state index contributed by atoms with van der Waals surface area (Å²) in [5, 5.41) is 9.69. The van der Waals surface area contributed by atoms with Crippen LogP contribution in [0.4, 0.5) is 27.9 Å². The third kappa shape index (κ3) is 3.67. The van der Waals surface area contributed by atoms with Gasteiger partial charge >= 0.3 is 12.8 Å². The minimum atomic E-state index is -4.73. The van der Waals surface area contributed by atoms with Crippen molar-refractivity contribution in [1.29, 1.82) is 0 Å². The maximum Gasteiger partial charge on any atom is 0.420 e. The minimum Gasteiger partial charge on any atom is -0.434 e. The van der Waals surface area contributed by atoms with Crippen LogP contribution >= 0.6 is 0 Å². The molecule has 2 aromatic carbocycles. The smallest absolute Gasteiger partial charge is 0.420 e. The second kappa shape index (κ2) is 8.43. The predicted octanol–water partition coefficient (Wildman–Crippen LogP) is 4.87. The van der Waals surface area contributed by atoms with Crippen LogP contribution in [0, 0.1) is 0 Å². The van der Waals surface area contributed by atoms with Crippen molar-refractivity contribution in [2.75, 3.05) is 18.0 Å². The number of fused-ring (bicyclic) bond motifs is 9. The number of alkyl halides is 5. The molecule has 2 aliphatic heterocycles. The number of imidazole rings is 1. The van der Waals surface area contributed by atoms with Gasteiger partial charge in [-0.15, -0.1) is 0 Å². The highest BCUT2D eigenvalue weighted by atomic mass is 19.4. The van der Waals surface area contributed by atoms with Gasteiger partial charge in [-0.1, -0.05) is 18.2 Å². The molecule has 2 bridgehead atoms. The number of anilines is 1. The summed E-state index contributed by atoms with van der Waals surface area (Å²) < 4.78 is 72.2. The number of nitrogens with zero attached hydrogens (tertiary/aromatic N) is 5. The predicted molar refractivity (Wildman–Crippen MR) is 131 cm³/mol. The maximum absolute atomic E-state index is 13.3. The molecule has 2 aromatic heterocycles. The zero-order valence-corrected chi connectivity index (χ0v) is 20.6. The molecule has 13 heteroatoms. The fourth-order valence-electron chi connectivity index (χ4n) is 6.01. The van der Waals surface area contributed by atoms with E-state index >= 15 is 0 Å². The van der Waals surface area contributed by atoms with Crippen LogP contribution in [0.1, 0.15) is 46.5 Å². The lowest BCUT2D eigenvalue weighted by molar-refractivity contribution is -0.267. The van der Waals surface area contributed by atoms with Crippen molar-refractivity contribution < 1.29 is 36.6 Å². The average Bonchev–Trinajstić information content (AvgIpc) is 3.38. The van der Waals surface area contributed by atoms with Crippen molar-refractivity contribution in [3.05, 3.63) is 65.7 Å². The van der Waals surface area contributed by atoms with Crippen LogP contribution in [0.5, 0.6) is 5.75 Å². The van der Waals surface area contributed by atoms with Gasteiger partial charge in [-0.25, -0.2) is 15.0 Å². The number of benzene rings is 2. The van der Waals surface area contributed by atoms with Gasteiger partial charge in [0.2, 0.25) is 5.95 Å². The van der Waals surface area contributed by atoms with Crippen LogP contribution < -0.4 is 9.64 Å². The number of rotatable bonds is 4. The van der Waals surface area contributed by atoms with Crippen LogP contribution in [0.2, 0.25) is 0 Å². The van der Waals surface area contributed by atoms with Crippen LogP contribution in [-0.4, -0.2) is 61.9 Å². The Morgan fingerprint density at radius 1 is 1.07 bits per heavy atom. The van der Waals surface area contributed by atoms with Crippen LogP contribution in [-0.2, 0) is 0 Å². The highest BCUT2D eigenvalue weighted by Gasteiger charge is 2.61. The molecule has 0 radical (unpaired) electrons. The van der Waals surface area contributed by atoms with Gasteiger partial charge in [0.05, 0.1) is 30.2 Å². The van der Waals surface area contributed by atoms with Crippen molar-refractivity contribution in [3.8, 4) is 16.9 Å². The highest BCUT2D eigenvalue weighted by molar-refractivity contribution is 6.00. The number of aliphatic hydroxyl groups is 1. The van der Waals surface area contributed by atoms with E-state index in [1.807, 2.05) is 16.7 Å². The summed E-state index contributed by atoms with van der Waals surface area (Å²) in [5.74, 6) is 0.403. The first kappa shape index (κ1) is 24.9. The lowest BCUT2D eigenvalue weighted by Crippen LogP contribution is -2.69. The van der Waals surface area contributed by atoms with Crippen molar-refractivity contribution in [2.45, 2.75) is 43.2 Å². The summed E-state index contributed by atoms with van der Waals surface area (Å²) in [6.45, 7) is -4.34. The maximum atomic E-state index is 13.3. The van der Waals surface area contributed by atoms with E-state index < -0.39 is 37.5 Å². The normalized spacial score (nSPS) is 21.3. The summed E-state index contributed by atoms with van der Waals surface area (Å²) in [6.07, 6.45) is -1.04. The van der Waals surface area contributed by atoms with Crippen LogP contribution in [0.25, 0.3) is 22.2 Å². The number of ether oxygens (including phenoxy) is 1. The number of hydrogen-bond acceptors (Lipinski definition) is 7. The number of β-amino-alcohol motifs (C(OH)–C–C–N with tert-alkyl or cyclic N) is 1. The molecule has 1 saturated heterocycles. The third-order valence-corrected chi connectivity index (χ3v) is 7.94. The van der Waals surface area contributed by atoms with Gasteiger partial charge in [0.1, 0.15) is 11.6 Å². The van der Waals surface area contributed by atoms with E-state index in [-0.39, 0.29) is 29.8 Å². The number of carbonyl (C=O) groups excluding carboxylic acids is 1. The monoisotopic (exact) mass is 557 g/mol. The molecule has 0 unspecified atom stereocenters. The van der Waals surface area contributed by atoms with Gasteiger partial charge < -0.3 is 19.3 Å². The van der Waals surface area contributed by atoms with Crippen LogP contribution in [0.15, 0.2) is 48.8 Å². The quantitative estimate of drug-likeness (QED) is 0.358. The van der Waals surface area contributed by atoms with E-state index in [0.717, 1.165) is 5.52 Å².